The van der Waals surface area contributed by atoms with Gasteiger partial charge in [-0.25, -0.2) is 0 Å². The molecule has 0 aromatic heterocycles. The number of hydrogen-bond donors (Lipinski definition) is 0. The van der Waals surface area contributed by atoms with Gasteiger partial charge in [0.2, 0.25) is 0 Å². The van der Waals surface area contributed by atoms with Gasteiger partial charge >= 0.3 is 0 Å². The number of ether oxygens (including phenoxy) is 1. The maximum Gasteiger partial charge on any atom is 0.190 e. The van der Waals surface area contributed by atoms with Crippen LogP contribution in [0.15, 0.2) is 17.3 Å². The number of nitroso groups, excluding NO2 is 1. The van der Waals surface area contributed by atoms with Crippen molar-refractivity contribution < 1.29 is 4.74 Å². The number of rotatable bonds is 3. The van der Waals surface area contributed by atoms with Crippen molar-refractivity contribution in [2.45, 2.75) is 19.3 Å². The molecular weight excluding hydrogens is 202 g/mol. The molecule has 0 aliphatic carbocycles. The lowest BCUT2D eigenvalue weighted by Crippen LogP contribution is -1.94. The minimum Gasteiger partial charge on any atom is -0.496 e. The molecule has 1 aromatic carbocycles. The van der Waals surface area contributed by atoms with E-state index in [0.29, 0.717) is 5.56 Å². The van der Waals surface area contributed by atoms with Crippen molar-refractivity contribution in [3.8, 4) is 5.75 Å². The number of nitrogens with zero attached hydrogens (tertiary/aromatic N) is 1. The van der Waals surface area contributed by atoms with Gasteiger partial charge in [-0.1, -0.05) is 11.6 Å². The standard InChI is InChI=1S/C10H12ClNO2/c1-6-4-8(10(11)12-13)5-7(2)9(6)14-3/h4-5,10H,1-3H3. The summed E-state index contributed by atoms with van der Waals surface area (Å²) in [5.74, 6) is 0.823. The van der Waals surface area contributed by atoms with Crippen molar-refractivity contribution in [2.75, 3.05) is 7.11 Å². The summed E-state index contributed by atoms with van der Waals surface area (Å²) in [4.78, 5) is 10.3. The highest BCUT2D eigenvalue weighted by atomic mass is 35.5. The van der Waals surface area contributed by atoms with Crippen LogP contribution in [0.4, 0.5) is 0 Å². The van der Waals surface area contributed by atoms with Crippen LogP contribution in [0.25, 0.3) is 0 Å². The molecule has 0 amide bonds. The second kappa shape index (κ2) is 4.42. The van der Waals surface area contributed by atoms with Crippen LogP contribution in [0.1, 0.15) is 22.2 Å². The summed E-state index contributed by atoms with van der Waals surface area (Å²) in [6.07, 6.45) is 0. The molecular formula is C10H12ClNO2. The van der Waals surface area contributed by atoms with Crippen molar-refractivity contribution in [3.05, 3.63) is 33.7 Å². The molecule has 0 saturated heterocycles. The fourth-order valence-corrected chi connectivity index (χ4v) is 1.63. The summed E-state index contributed by atoms with van der Waals surface area (Å²) in [5.41, 5.74) is 1.80. The van der Waals surface area contributed by atoms with E-state index >= 15 is 0 Å². The second-order valence-corrected chi connectivity index (χ2v) is 3.54. The first-order valence-corrected chi connectivity index (χ1v) is 4.65. The SMILES string of the molecule is COc1c(C)cc(C(Cl)N=O)cc1C. The number of benzene rings is 1. The Balaban J connectivity index is 3.20. The number of alkyl halides is 1. The van der Waals surface area contributed by atoms with Gasteiger partial charge in [-0.15, -0.1) is 4.91 Å². The zero-order valence-electron chi connectivity index (χ0n) is 8.37. The van der Waals surface area contributed by atoms with E-state index in [2.05, 4.69) is 5.18 Å². The Morgan fingerprint density at radius 1 is 1.36 bits per heavy atom. The Hall–Kier alpha value is -1.09. The van der Waals surface area contributed by atoms with E-state index in [1.165, 1.54) is 0 Å². The highest BCUT2D eigenvalue weighted by Crippen LogP contribution is 2.30. The van der Waals surface area contributed by atoms with Crippen LogP contribution in [-0.4, -0.2) is 7.11 Å². The third-order valence-electron chi connectivity index (χ3n) is 2.05. The molecule has 3 nitrogen and oxygen atoms in total. The molecule has 4 heteroatoms. The highest BCUT2D eigenvalue weighted by Gasteiger charge is 2.11. The predicted octanol–water partition coefficient (Wildman–Crippen LogP) is 3.32. The molecule has 0 heterocycles. The minimum absolute atomic E-state index is 0.706. The normalized spacial score (nSPS) is 12.3. The molecule has 1 aromatic rings. The van der Waals surface area contributed by atoms with E-state index in [-0.39, 0.29) is 0 Å². The van der Waals surface area contributed by atoms with Crippen molar-refractivity contribution in [1.82, 2.24) is 0 Å². The lowest BCUT2D eigenvalue weighted by Gasteiger charge is -2.11. The number of hydrogen-bond acceptors (Lipinski definition) is 3. The zero-order chi connectivity index (χ0) is 10.7. The van der Waals surface area contributed by atoms with Gasteiger partial charge in [0.05, 0.1) is 7.11 Å². The Bertz CT molecular complexity index is 329. The van der Waals surface area contributed by atoms with Gasteiger partial charge in [-0.05, 0) is 47.8 Å². The van der Waals surface area contributed by atoms with Crippen LogP contribution in [0.3, 0.4) is 0 Å². The molecule has 0 saturated carbocycles. The third-order valence-corrected chi connectivity index (χ3v) is 2.39. The van der Waals surface area contributed by atoms with Crippen LogP contribution in [0, 0.1) is 18.8 Å². The van der Waals surface area contributed by atoms with Crippen molar-refractivity contribution in [2.24, 2.45) is 5.18 Å². The second-order valence-electron chi connectivity index (χ2n) is 3.13. The van der Waals surface area contributed by atoms with E-state index in [9.17, 15) is 4.91 Å². The maximum absolute atomic E-state index is 10.3. The summed E-state index contributed by atoms with van der Waals surface area (Å²) < 4.78 is 5.19. The molecule has 0 bridgehead atoms. The summed E-state index contributed by atoms with van der Waals surface area (Å²) in [6, 6.07) is 3.62. The van der Waals surface area contributed by atoms with E-state index in [4.69, 9.17) is 16.3 Å². The molecule has 0 aliphatic heterocycles. The maximum atomic E-state index is 10.3. The molecule has 1 unspecified atom stereocenters. The van der Waals surface area contributed by atoms with Crippen molar-refractivity contribution >= 4 is 11.6 Å². The van der Waals surface area contributed by atoms with E-state index < -0.39 is 5.50 Å². The zero-order valence-corrected chi connectivity index (χ0v) is 9.13. The summed E-state index contributed by atoms with van der Waals surface area (Å²) in [7, 11) is 1.62. The monoisotopic (exact) mass is 213 g/mol. The molecule has 14 heavy (non-hydrogen) atoms. The first-order valence-electron chi connectivity index (χ1n) is 4.21. The Labute approximate surface area is 88.0 Å². The van der Waals surface area contributed by atoms with E-state index in [1.54, 1.807) is 7.11 Å². The summed E-state index contributed by atoms with van der Waals surface area (Å²) in [6.45, 7) is 3.81. The number of halogens is 1. The highest BCUT2D eigenvalue weighted by molar-refractivity contribution is 6.20. The average Bonchev–Trinajstić information content (AvgIpc) is 2.16. The van der Waals surface area contributed by atoms with Crippen molar-refractivity contribution in [3.63, 3.8) is 0 Å². The van der Waals surface area contributed by atoms with Gasteiger partial charge < -0.3 is 4.74 Å². The average molecular weight is 214 g/mol. The topological polar surface area (TPSA) is 38.7 Å². The molecule has 0 aliphatic rings. The number of methoxy groups -OCH3 is 1. The fraction of sp³-hybridized carbons (Fsp3) is 0.400. The molecule has 0 fully saturated rings. The molecule has 1 atom stereocenters. The fourth-order valence-electron chi connectivity index (χ4n) is 1.50. The Kier molecular flexibility index (Phi) is 3.47. The van der Waals surface area contributed by atoms with Gasteiger partial charge in [0, 0.05) is 0 Å². The molecule has 76 valence electrons. The molecule has 0 radical (unpaired) electrons. The minimum atomic E-state index is -0.821. The third kappa shape index (κ3) is 2.04. The summed E-state index contributed by atoms with van der Waals surface area (Å²) >= 11 is 5.71. The van der Waals surface area contributed by atoms with Gasteiger partial charge in [-0.2, -0.15) is 0 Å². The van der Waals surface area contributed by atoms with Crippen molar-refractivity contribution in [1.29, 1.82) is 0 Å². The summed E-state index contributed by atoms with van der Waals surface area (Å²) in [5, 5.41) is 2.77. The van der Waals surface area contributed by atoms with E-state index in [0.717, 1.165) is 16.9 Å². The van der Waals surface area contributed by atoms with Gasteiger partial charge in [0.1, 0.15) is 5.75 Å². The molecule has 0 spiro atoms. The van der Waals surface area contributed by atoms with Gasteiger partial charge in [-0.3, -0.25) is 0 Å². The first-order chi connectivity index (χ1) is 6.60. The van der Waals surface area contributed by atoms with Crippen LogP contribution in [-0.2, 0) is 0 Å². The van der Waals surface area contributed by atoms with Crippen LogP contribution in [0.2, 0.25) is 0 Å². The first kappa shape index (κ1) is 11.0. The Morgan fingerprint density at radius 3 is 2.21 bits per heavy atom. The molecule has 0 N–H and O–H groups in total. The van der Waals surface area contributed by atoms with Crippen LogP contribution >= 0.6 is 11.6 Å². The van der Waals surface area contributed by atoms with Crippen LogP contribution < -0.4 is 4.74 Å². The lowest BCUT2D eigenvalue weighted by molar-refractivity contribution is 0.408. The van der Waals surface area contributed by atoms with Crippen LogP contribution in [0.5, 0.6) is 5.75 Å². The number of aryl methyl sites for hydroxylation is 2. The smallest absolute Gasteiger partial charge is 0.190 e. The quantitative estimate of drug-likeness (QED) is 0.439. The van der Waals surface area contributed by atoms with Gasteiger partial charge in [0.15, 0.2) is 5.50 Å². The molecule has 1 rings (SSSR count). The largest absolute Gasteiger partial charge is 0.496 e. The lowest BCUT2D eigenvalue weighted by atomic mass is 10.1. The Morgan fingerprint density at radius 2 is 1.86 bits per heavy atom. The predicted molar refractivity (Wildman–Crippen MR) is 56.9 cm³/mol. The van der Waals surface area contributed by atoms with E-state index in [1.807, 2.05) is 26.0 Å². The van der Waals surface area contributed by atoms with Gasteiger partial charge in [0.25, 0.3) is 0 Å².